The minimum absolute atomic E-state index is 0.213. The summed E-state index contributed by atoms with van der Waals surface area (Å²) in [5.41, 5.74) is 0. The maximum Gasteiger partial charge on any atom is 0.389 e. The fourth-order valence-corrected chi connectivity index (χ4v) is 2.56. The van der Waals surface area contributed by atoms with Gasteiger partial charge in [-0.25, -0.2) is 0 Å². The van der Waals surface area contributed by atoms with Gasteiger partial charge < -0.3 is 5.32 Å². The lowest BCUT2D eigenvalue weighted by Crippen LogP contribution is -2.56. The molecule has 0 aliphatic carbocycles. The van der Waals surface area contributed by atoms with E-state index >= 15 is 0 Å². The summed E-state index contributed by atoms with van der Waals surface area (Å²) < 4.78 is 36.5. The molecule has 108 valence electrons. The van der Waals surface area contributed by atoms with Crippen molar-refractivity contribution in [1.29, 1.82) is 0 Å². The van der Waals surface area contributed by atoms with Crippen molar-refractivity contribution in [1.82, 2.24) is 10.2 Å². The third kappa shape index (κ3) is 6.05. The Hall–Kier alpha value is -0.290. The minimum Gasteiger partial charge on any atom is -0.311 e. The van der Waals surface area contributed by atoms with E-state index in [9.17, 15) is 13.2 Å². The highest BCUT2D eigenvalue weighted by atomic mass is 19.4. The van der Waals surface area contributed by atoms with E-state index in [1.807, 2.05) is 0 Å². The first-order valence-corrected chi connectivity index (χ1v) is 6.82. The maximum absolute atomic E-state index is 12.2. The smallest absolute Gasteiger partial charge is 0.311 e. The highest BCUT2D eigenvalue weighted by molar-refractivity contribution is 4.84. The van der Waals surface area contributed by atoms with Crippen molar-refractivity contribution in [3.63, 3.8) is 0 Å². The van der Waals surface area contributed by atoms with Crippen molar-refractivity contribution in [2.45, 2.75) is 58.3 Å². The third-order valence-corrected chi connectivity index (χ3v) is 3.38. The fourth-order valence-electron chi connectivity index (χ4n) is 2.56. The van der Waals surface area contributed by atoms with Gasteiger partial charge in [-0.2, -0.15) is 13.2 Å². The van der Waals surface area contributed by atoms with E-state index in [0.29, 0.717) is 24.5 Å². The first kappa shape index (κ1) is 15.8. The predicted octanol–water partition coefficient (Wildman–Crippen LogP) is 3.04. The van der Waals surface area contributed by atoms with Gasteiger partial charge in [-0.3, -0.25) is 4.90 Å². The zero-order chi connectivity index (χ0) is 13.8. The number of hydrogen-bond acceptors (Lipinski definition) is 2. The van der Waals surface area contributed by atoms with E-state index in [1.165, 1.54) is 0 Å². The van der Waals surface area contributed by atoms with Crippen LogP contribution in [0.15, 0.2) is 0 Å². The van der Waals surface area contributed by atoms with Crippen LogP contribution in [-0.2, 0) is 0 Å². The first-order chi connectivity index (χ1) is 8.28. The zero-order valence-electron chi connectivity index (χ0n) is 11.6. The van der Waals surface area contributed by atoms with Crippen LogP contribution in [0.5, 0.6) is 0 Å². The molecule has 0 amide bonds. The SMILES string of the molecule is CC(C)CC1CNC(C)CN1CCCC(F)(F)F. The monoisotopic (exact) mass is 266 g/mol. The first-order valence-electron chi connectivity index (χ1n) is 6.82. The van der Waals surface area contributed by atoms with E-state index in [4.69, 9.17) is 0 Å². The van der Waals surface area contributed by atoms with Crippen molar-refractivity contribution in [2.24, 2.45) is 5.92 Å². The lowest BCUT2D eigenvalue weighted by atomic mass is 9.99. The molecule has 1 saturated heterocycles. The summed E-state index contributed by atoms with van der Waals surface area (Å²) in [6.07, 6.45) is -3.43. The van der Waals surface area contributed by atoms with Crippen LogP contribution >= 0.6 is 0 Å². The van der Waals surface area contributed by atoms with E-state index in [1.54, 1.807) is 0 Å². The lowest BCUT2D eigenvalue weighted by Gasteiger charge is -2.40. The van der Waals surface area contributed by atoms with Crippen LogP contribution < -0.4 is 5.32 Å². The Morgan fingerprint density at radius 2 is 2.00 bits per heavy atom. The van der Waals surface area contributed by atoms with Crippen molar-refractivity contribution in [3.8, 4) is 0 Å². The molecule has 0 spiro atoms. The summed E-state index contributed by atoms with van der Waals surface area (Å²) in [5.74, 6) is 0.579. The molecule has 1 aliphatic heterocycles. The lowest BCUT2D eigenvalue weighted by molar-refractivity contribution is -0.136. The molecule has 18 heavy (non-hydrogen) atoms. The Morgan fingerprint density at radius 1 is 1.33 bits per heavy atom. The average Bonchev–Trinajstić information content (AvgIpc) is 2.19. The third-order valence-electron chi connectivity index (χ3n) is 3.38. The normalized spacial score (nSPS) is 26.8. The van der Waals surface area contributed by atoms with Gasteiger partial charge in [-0.05, 0) is 32.2 Å². The number of hydrogen-bond donors (Lipinski definition) is 1. The number of nitrogens with one attached hydrogen (secondary N) is 1. The van der Waals surface area contributed by atoms with Crippen LogP contribution in [-0.4, -0.2) is 42.8 Å². The summed E-state index contributed by atoms with van der Waals surface area (Å²) in [5, 5.41) is 3.41. The fraction of sp³-hybridized carbons (Fsp3) is 1.00. The molecule has 2 unspecified atom stereocenters. The highest BCUT2D eigenvalue weighted by Gasteiger charge is 2.29. The van der Waals surface area contributed by atoms with Crippen molar-refractivity contribution in [2.75, 3.05) is 19.6 Å². The molecule has 5 heteroatoms. The molecule has 0 aromatic heterocycles. The van der Waals surface area contributed by atoms with Crippen LogP contribution in [0.4, 0.5) is 13.2 Å². The summed E-state index contributed by atoms with van der Waals surface area (Å²) in [6.45, 7) is 8.71. The molecule has 1 aliphatic rings. The molecule has 0 saturated carbocycles. The Bertz CT molecular complexity index is 241. The van der Waals surface area contributed by atoms with E-state index in [0.717, 1.165) is 19.5 Å². The van der Waals surface area contributed by atoms with Gasteiger partial charge in [0.05, 0.1) is 0 Å². The van der Waals surface area contributed by atoms with Gasteiger partial charge in [0, 0.05) is 31.6 Å². The van der Waals surface area contributed by atoms with Crippen LogP contribution in [0.3, 0.4) is 0 Å². The molecule has 1 rings (SSSR count). The molecule has 1 fully saturated rings. The van der Waals surface area contributed by atoms with Gasteiger partial charge in [0.25, 0.3) is 0 Å². The Morgan fingerprint density at radius 3 is 2.56 bits per heavy atom. The molecule has 2 nitrogen and oxygen atoms in total. The number of piperazine rings is 1. The maximum atomic E-state index is 12.2. The van der Waals surface area contributed by atoms with Crippen LogP contribution in [0.2, 0.25) is 0 Å². The van der Waals surface area contributed by atoms with Gasteiger partial charge in [-0.1, -0.05) is 13.8 Å². The average molecular weight is 266 g/mol. The second-order valence-electron chi connectivity index (χ2n) is 5.81. The largest absolute Gasteiger partial charge is 0.389 e. The van der Waals surface area contributed by atoms with E-state index < -0.39 is 12.6 Å². The zero-order valence-corrected chi connectivity index (χ0v) is 11.6. The van der Waals surface area contributed by atoms with Crippen LogP contribution in [0.25, 0.3) is 0 Å². The standard InChI is InChI=1S/C13H25F3N2/c1-10(2)7-12-8-17-11(3)9-18(12)6-4-5-13(14,15)16/h10-12,17H,4-9H2,1-3H3. The summed E-state index contributed by atoms with van der Waals surface area (Å²) in [6, 6.07) is 0.758. The van der Waals surface area contributed by atoms with Crippen LogP contribution in [0.1, 0.15) is 40.0 Å². The highest BCUT2D eigenvalue weighted by Crippen LogP contribution is 2.23. The number of rotatable bonds is 5. The van der Waals surface area contributed by atoms with Crippen molar-refractivity contribution >= 4 is 0 Å². The van der Waals surface area contributed by atoms with E-state index in [-0.39, 0.29) is 6.42 Å². The molecule has 0 aromatic carbocycles. The van der Waals surface area contributed by atoms with Gasteiger partial charge in [0.1, 0.15) is 0 Å². The topological polar surface area (TPSA) is 15.3 Å². The summed E-state index contributed by atoms with van der Waals surface area (Å²) in [7, 11) is 0. The Balaban J connectivity index is 2.41. The van der Waals surface area contributed by atoms with E-state index in [2.05, 4.69) is 31.0 Å². The molecule has 0 radical (unpaired) electrons. The molecular weight excluding hydrogens is 241 g/mol. The molecule has 0 aromatic rings. The van der Waals surface area contributed by atoms with Crippen molar-refractivity contribution < 1.29 is 13.2 Å². The predicted molar refractivity (Wildman–Crippen MR) is 67.6 cm³/mol. The number of halogens is 3. The minimum atomic E-state index is -4.02. The quantitative estimate of drug-likeness (QED) is 0.823. The summed E-state index contributed by atoms with van der Waals surface area (Å²) in [4.78, 5) is 2.23. The second-order valence-corrected chi connectivity index (χ2v) is 5.81. The Labute approximate surface area is 108 Å². The van der Waals surface area contributed by atoms with Gasteiger partial charge in [-0.15, -0.1) is 0 Å². The Kier molecular flexibility index (Phi) is 5.92. The number of nitrogens with zero attached hydrogens (tertiary/aromatic N) is 1. The summed E-state index contributed by atoms with van der Waals surface area (Å²) >= 11 is 0. The molecule has 1 N–H and O–H groups in total. The second kappa shape index (κ2) is 6.75. The molecule has 0 bridgehead atoms. The van der Waals surface area contributed by atoms with Gasteiger partial charge >= 0.3 is 6.18 Å². The molecule has 1 heterocycles. The molecular formula is C13H25F3N2. The molecule has 2 atom stereocenters. The van der Waals surface area contributed by atoms with Gasteiger partial charge in [0.2, 0.25) is 0 Å². The van der Waals surface area contributed by atoms with Crippen molar-refractivity contribution in [3.05, 3.63) is 0 Å². The van der Waals surface area contributed by atoms with Gasteiger partial charge in [0.15, 0.2) is 0 Å². The van der Waals surface area contributed by atoms with Crippen LogP contribution in [0, 0.1) is 5.92 Å². The number of alkyl halides is 3.